The summed E-state index contributed by atoms with van der Waals surface area (Å²) in [5, 5.41) is 0.574. The van der Waals surface area contributed by atoms with Crippen molar-refractivity contribution >= 4 is 33.3 Å². The number of carbonyl (C=O) groups excluding carboxylic acids is 2. The summed E-state index contributed by atoms with van der Waals surface area (Å²) >= 11 is 5.90. The molecule has 0 radical (unpaired) electrons. The number of piperidine rings is 1. The van der Waals surface area contributed by atoms with Crippen LogP contribution in [0.5, 0.6) is 0 Å². The van der Waals surface area contributed by atoms with E-state index in [9.17, 15) is 18.0 Å². The predicted molar refractivity (Wildman–Crippen MR) is 109 cm³/mol. The molecule has 2 atom stereocenters. The molecule has 2 heterocycles. The van der Waals surface area contributed by atoms with Crippen LogP contribution >= 0.6 is 11.6 Å². The van der Waals surface area contributed by atoms with E-state index in [2.05, 4.69) is 0 Å². The van der Waals surface area contributed by atoms with Gasteiger partial charge in [-0.3, -0.25) is 9.59 Å². The first-order valence-electron chi connectivity index (χ1n) is 9.86. The molecule has 1 aromatic carbocycles. The second kappa shape index (κ2) is 8.82. The zero-order chi connectivity index (χ0) is 20.3. The maximum atomic E-state index is 13.2. The predicted octanol–water partition coefficient (Wildman–Crippen LogP) is 2.62. The second-order valence-electron chi connectivity index (χ2n) is 7.69. The zero-order valence-corrected chi connectivity index (χ0v) is 17.7. The minimum Gasteiger partial charge on any atom is -0.338 e. The minimum atomic E-state index is -3.06. The highest BCUT2D eigenvalue weighted by molar-refractivity contribution is 7.91. The minimum absolute atomic E-state index is 0.0162. The molecule has 2 aliphatic rings. The molecule has 2 fully saturated rings. The standard InChI is InChI=1S/C20H27ClN2O4S/c1-2-10-23(18-9-12-28(26,27)14-18)20(25)16-4-3-11-22(13-16)19(24)15-5-7-17(21)8-6-15/h5-8,16,18H,2-4,9-14H2,1H3/t16-,18-/m1/s1. The van der Waals surface area contributed by atoms with Crippen LogP contribution in [0, 0.1) is 5.92 Å². The highest BCUT2D eigenvalue weighted by Gasteiger charge is 2.38. The molecule has 0 aromatic heterocycles. The van der Waals surface area contributed by atoms with Gasteiger partial charge in [0.25, 0.3) is 5.91 Å². The Bertz CT molecular complexity index is 825. The van der Waals surface area contributed by atoms with Gasteiger partial charge in [-0.25, -0.2) is 8.42 Å². The number of carbonyl (C=O) groups is 2. The van der Waals surface area contributed by atoms with Gasteiger partial charge in [0.2, 0.25) is 5.91 Å². The number of hydrogen-bond donors (Lipinski definition) is 0. The van der Waals surface area contributed by atoms with Gasteiger partial charge in [0.05, 0.1) is 17.4 Å². The largest absolute Gasteiger partial charge is 0.338 e. The quantitative estimate of drug-likeness (QED) is 0.725. The van der Waals surface area contributed by atoms with Gasteiger partial charge in [0, 0.05) is 36.3 Å². The number of nitrogens with zero attached hydrogens (tertiary/aromatic N) is 2. The Labute approximate surface area is 171 Å². The summed E-state index contributed by atoms with van der Waals surface area (Å²) in [6, 6.07) is 6.53. The summed E-state index contributed by atoms with van der Waals surface area (Å²) in [4.78, 5) is 29.5. The molecule has 3 rings (SSSR count). The first-order chi connectivity index (χ1) is 13.3. The number of benzene rings is 1. The van der Waals surface area contributed by atoms with Crippen LogP contribution in [0.3, 0.4) is 0 Å². The van der Waals surface area contributed by atoms with Gasteiger partial charge >= 0.3 is 0 Å². The summed E-state index contributed by atoms with van der Waals surface area (Å²) in [6.07, 6.45) is 2.78. The van der Waals surface area contributed by atoms with Crippen LogP contribution in [-0.4, -0.2) is 67.2 Å². The molecule has 0 spiro atoms. The average Bonchev–Trinajstić information content (AvgIpc) is 3.05. The first-order valence-corrected chi connectivity index (χ1v) is 12.1. The molecule has 2 amide bonds. The van der Waals surface area contributed by atoms with Crippen molar-refractivity contribution in [3.63, 3.8) is 0 Å². The lowest BCUT2D eigenvalue weighted by Crippen LogP contribution is -2.50. The van der Waals surface area contributed by atoms with E-state index in [1.807, 2.05) is 6.92 Å². The number of halogens is 1. The Morgan fingerprint density at radius 1 is 1.21 bits per heavy atom. The van der Waals surface area contributed by atoms with E-state index in [0.717, 1.165) is 19.3 Å². The first kappa shape index (κ1) is 21.1. The summed E-state index contributed by atoms with van der Waals surface area (Å²) in [7, 11) is -3.06. The number of amides is 2. The van der Waals surface area contributed by atoms with Crippen LogP contribution in [0.25, 0.3) is 0 Å². The molecule has 1 aromatic rings. The Morgan fingerprint density at radius 3 is 2.54 bits per heavy atom. The van der Waals surface area contributed by atoms with E-state index in [-0.39, 0.29) is 35.3 Å². The van der Waals surface area contributed by atoms with Crippen molar-refractivity contribution in [2.75, 3.05) is 31.1 Å². The molecule has 2 aliphatic heterocycles. The second-order valence-corrected chi connectivity index (χ2v) is 10.4. The van der Waals surface area contributed by atoms with E-state index in [1.165, 1.54) is 0 Å². The highest BCUT2D eigenvalue weighted by Crippen LogP contribution is 2.25. The molecule has 0 saturated carbocycles. The summed E-state index contributed by atoms with van der Waals surface area (Å²) in [6.45, 7) is 3.54. The van der Waals surface area contributed by atoms with Gasteiger partial charge in [-0.2, -0.15) is 0 Å². The van der Waals surface area contributed by atoms with Crippen molar-refractivity contribution in [2.24, 2.45) is 5.92 Å². The van der Waals surface area contributed by atoms with Gasteiger partial charge in [0.1, 0.15) is 0 Å². The number of likely N-dealkylation sites (tertiary alicyclic amines) is 1. The van der Waals surface area contributed by atoms with E-state index in [4.69, 9.17) is 11.6 Å². The van der Waals surface area contributed by atoms with E-state index in [0.29, 0.717) is 36.6 Å². The van der Waals surface area contributed by atoms with Gasteiger partial charge in [-0.05, 0) is 49.9 Å². The molecule has 6 nitrogen and oxygen atoms in total. The Morgan fingerprint density at radius 2 is 1.93 bits per heavy atom. The molecule has 2 saturated heterocycles. The fourth-order valence-electron chi connectivity index (χ4n) is 4.11. The summed E-state index contributed by atoms with van der Waals surface area (Å²) in [5.74, 6) is -0.187. The molecule has 0 N–H and O–H groups in total. The lowest BCUT2D eigenvalue weighted by atomic mass is 9.95. The molecular formula is C20H27ClN2O4S. The SMILES string of the molecule is CCCN(C(=O)[C@@H]1CCCN(C(=O)c2ccc(Cl)cc2)C1)[C@@H]1CCS(=O)(=O)C1. The van der Waals surface area contributed by atoms with Gasteiger partial charge in [0.15, 0.2) is 9.84 Å². The fraction of sp³-hybridized carbons (Fsp3) is 0.600. The lowest BCUT2D eigenvalue weighted by molar-refractivity contribution is -0.139. The maximum Gasteiger partial charge on any atom is 0.253 e. The normalized spacial score (nSPS) is 24.1. The van der Waals surface area contributed by atoms with Crippen molar-refractivity contribution in [3.05, 3.63) is 34.9 Å². The average molecular weight is 427 g/mol. The number of sulfone groups is 1. The van der Waals surface area contributed by atoms with Crippen LogP contribution in [0.4, 0.5) is 0 Å². The highest BCUT2D eigenvalue weighted by atomic mass is 35.5. The molecule has 0 aliphatic carbocycles. The van der Waals surface area contributed by atoms with Crippen LogP contribution in [-0.2, 0) is 14.6 Å². The van der Waals surface area contributed by atoms with Crippen molar-refractivity contribution in [3.8, 4) is 0 Å². The Kier molecular flexibility index (Phi) is 6.65. The van der Waals surface area contributed by atoms with Crippen molar-refractivity contribution in [1.29, 1.82) is 0 Å². The molecular weight excluding hydrogens is 400 g/mol. The summed E-state index contributed by atoms with van der Waals surface area (Å²) < 4.78 is 23.7. The van der Waals surface area contributed by atoms with Crippen molar-refractivity contribution in [2.45, 2.75) is 38.6 Å². The van der Waals surface area contributed by atoms with E-state index >= 15 is 0 Å². The molecule has 8 heteroatoms. The lowest BCUT2D eigenvalue weighted by Gasteiger charge is -2.37. The van der Waals surface area contributed by atoms with Gasteiger partial charge < -0.3 is 9.80 Å². The third kappa shape index (κ3) is 4.87. The maximum absolute atomic E-state index is 13.2. The van der Waals surface area contributed by atoms with Crippen molar-refractivity contribution < 1.29 is 18.0 Å². The third-order valence-corrected chi connectivity index (χ3v) is 7.55. The monoisotopic (exact) mass is 426 g/mol. The van der Waals surface area contributed by atoms with Crippen molar-refractivity contribution in [1.82, 2.24) is 9.80 Å². The smallest absolute Gasteiger partial charge is 0.253 e. The molecule has 154 valence electrons. The van der Waals surface area contributed by atoms with Gasteiger partial charge in [-0.15, -0.1) is 0 Å². The Hall–Kier alpha value is -1.60. The van der Waals surface area contributed by atoms with E-state index in [1.54, 1.807) is 34.1 Å². The van der Waals surface area contributed by atoms with Crippen LogP contribution < -0.4 is 0 Å². The molecule has 28 heavy (non-hydrogen) atoms. The van der Waals surface area contributed by atoms with Crippen LogP contribution in [0.1, 0.15) is 43.0 Å². The van der Waals surface area contributed by atoms with Crippen LogP contribution in [0.15, 0.2) is 24.3 Å². The van der Waals surface area contributed by atoms with Gasteiger partial charge in [-0.1, -0.05) is 18.5 Å². The molecule has 0 unspecified atom stereocenters. The van der Waals surface area contributed by atoms with E-state index < -0.39 is 9.84 Å². The number of hydrogen-bond acceptors (Lipinski definition) is 4. The molecule has 0 bridgehead atoms. The van der Waals surface area contributed by atoms with Crippen LogP contribution in [0.2, 0.25) is 5.02 Å². The topological polar surface area (TPSA) is 74.8 Å². The number of rotatable bonds is 5. The fourth-order valence-corrected chi connectivity index (χ4v) is 5.96. The third-order valence-electron chi connectivity index (χ3n) is 5.55. The summed E-state index contributed by atoms with van der Waals surface area (Å²) in [5.41, 5.74) is 0.560. The Balaban J connectivity index is 1.70. The zero-order valence-electron chi connectivity index (χ0n) is 16.1.